The molecule has 5 nitrogen and oxygen atoms in total. The Balaban J connectivity index is 2.05. The van der Waals surface area contributed by atoms with E-state index in [9.17, 15) is 4.79 Å². The largest absolute Gasteiger partial charge is 0.473 e. The molecule has 0 spiro atoms. The van der Waals surface area contributed by atoms with Crippen molar-refractivity contribution in [3.63, 3.8) is 0 Å². The highest BCUT2D eigenvalue weighted by molar-refractivity contribution is 7.17. The summed E-state index contributed by atoms with van der Waals surface area (Å²) in [7, 11) is 0. The lowest BCUT2D eigenvalue weighted by atomic mass is 9.94. The minimum absolute atomic E-state index is 0.0474. The Morgan fingerprint density at radius 2 is 2.16 bits per heavy atom. The number of hydrogen-bond donors (Lipinski definition) is 1. The number of ether oxygens (including phenoxy) is 2. The van der Waals surface area contributed by atoms with E-state index in [4.69, 9.17) is 26.8 Å². The van der Waals surface area contributed by atoms with Crippen LogP contribution in [0.5, 0.6) is 5.88 Å². The first-order valence-corrected chi connectivity index (χ1v) is 7.55. The highest BCUT2D eigenvalue weighted by atomic mass is 35.5. The number of hydrogen-bond acceptors (Lipinski definition) is 6. The lowest BCUT2D eigenvalue weighted by molar-refractivity contribution is 0.0521. The fourth-order valence-electron chi connectivity index (χ4n) is 2.05. The van der Waals surface area contributed by atoms with E-state index in [1.165, 1.54) is 0 Å². The number of halogens is 1. The van der Waals surface area contributed by atoms with E-state index < -0.39 is 5.97 Å². The third-order valence-corrected chi connectivity index (χ3v) is 4.15. The van der Waals surface area contributed by atoms with Crippen LogP contribution in [0.3, 0.4) is 0 Å². The van der Waals surface area contributed by atoms with Gasteiger partial charge < -0.3 is 15.2 Å². The van der Waals surface area contributed by atoms with Crippen molar-refractivity contribution in [1.82, 2.24) is 4.98 Å². The van der Waals surface area contributed by atoms with Crippen molar-refractivity contribution in [2.45, 2.75) is 44.8 Å². The van der Waals surface area contributed by atoms with E-state index in [0.717, 1.165) is 37.0 Å². The molecule has 1 saturated carbocycles. The van der Waals surface area contributed by atoms with Gasteiger partial charge in [0.2, 0.25) is 5.88 Å². The van der Waals surface area contributed by atoms with Gasteiger partial charge in [-0.2, -0.15) is 4.98 Å². The van der Waals surface area contributed by atoms with Gasteiger partial charge in [0.05, 0.1) is 6.61 Å². The van der Waals surface area contributed by atoms with Crippen LogP contribution in [-0.2, 0) is 4.74 Å². The zero-order valence-corrected chi connectivity index (χ0v) is 12.3. The maximum absolute atomic E-state index is 11.8. The van der Waals surface area contributed by atoms with Crippen LogP contribution in [0.4, 0.5) is 0 Å². The third kappa shape index (κ3) is 3.81. The van der Waals surface area contributed by atoms with Crippen molar-refractivity contribution in [1.29, 1.82) is 0 Å². The van der Waals surface area contributed by atoms with Crippen LogP contribution < -0.4 is 10.5 Å². The number of nitrogens with two attached hydrogens (primary N) is 1. The molecule has 1 aromatic rings. The first kappa shape index (κ1) is 14.6. The van der Waals surface area contributed by atoms with Crippen molar-refractivity contribution in [2.75, 3.05) is 6.61 Å². The summed E-state index contributed by atoms with van der Waals surface area (Å²) in [5.74, 6) is -0.150. The molecular formula is C12H17ClN2O3S. The molecule has 2 N–H and O–H groups in total. The Kier molecular flexibility index (Phi) is 5.01. The van der Waals surface area contributed by atoms with Gasteiger partial charge in [-0.15, -0.1) is 0 Å². The number of esters is 1. The second kappa shape index (κ2) is 6.54. The van der Waals surface area contributed by atoms with Gasteiger partial charge >= 0.3 is 5.97 Å². The third-order valence-electron chi connectivity index (χ3n) is 3.03. The van der Waals surface area contributed by atoms with Gasteiger partial charge in [0.15, 0.2) is 9.34 Å². The van der Waals surface area contributed by atoms with Crippen LogP contribution in [0.1, 0.15) is 42.3 Å². The van der Waals surface area contributed by atoms with Crippen molar-refractivity contribution in [2.24, 2.45) is 5.73 Å². The molecule has 2 rings (SSSR count). The number of aromatic nitrogens is 1. The van der Waals surface area contributed by atoms with Gasteiger partial charge in [-0.05, 0) is 32.6 Å². The number of thiazole rings is 1. The summed E-state index contributed by atoms with van der Waals surface area (Å²) in [4.78, 5) is 16.2. The summed E-state index contributed by atoms with van der Waals surface area (Å²) < 4.78 is 11.0. The SMILES string of the molecule is CCOC(=O)c1sc(Cl)nc1OC1CCC(N)CC1. The number of carbonyl (C=O) groups excluding carboxylic acids is 1. The Labute approximate surface area is 121 Å². The molecule has 1 heterocycles. The highest BCUT2D eigenvalue weighted by Crippen LogP contribution is 2.32. The van der Waals surface area contributed by atoms with Gasteiger partial charge in [0.25, 0.3) is 0 Å². The second-order valence-corrected chi connectivity index (χ2v) is 6.06. The summed E-state index contributed by atoms with van der Waals surface area (Å²) in [6, 6.07) is 0.253. The molecule has 0 atom stereocenters. The van der Waals surface area contributed by atoms with Gasteiger partial charge in [-0.25, -0.2) is 4.79 Å². The van der Waals surface area contributed by atoms with Crippen molar-refractivity contribution in [3.8, 4) is 5.88 Å². The minimum Gasteiger partial charge on any atom is -0.473 e. The molecule has 1 aliphatic rings. The number of nitrogens with zero attached hydrogens (tertiary/aromatic N) is 1. The molecule has 1 fully saturated rings. The predicted octanol–water partition coefficient (Wildman–Crippen LogP) is 2.62. The maximum Gasteiger partial charge on any atom is 0.354 e. The van der Waals surface area contributed by atoms with Crippen molar-refractivity contribution >= 4 is 28.9 Å². The molecule has 0 bridgehead atoms. The predicted molar refractivity (Wildman–Crippen MR) is 73.9 cm³/mol. The van der Waals surface area contributed by atoms with Crippen LogP contribution >= 0.6 is 22.9 Å². The summed E-state index contributed by atoms with van der Waals surface area (Å²) >= 11 is 6.93. The molecule has 106 valence electrons. The lowest BCUT2D eigenvalue weighted by Gasteiger charge is -2.26. The van der Waals surface area contributed by atoms with E-state index in [2.05, 4.69) is 4.98 Å². The smallest absolute Gasteiger partial charge is 0.354 e. The fraction of sp³-hybridized carbons (Fsp3) is 0.667. The molecule has 0 amide bonds. The number of carbonyl (C=O) groups is 1. The Morgan fingerprint density at radius 3 is 2.79 bits per heavy atom. The van der Waals surface area contributed by atoms with Gasteiger partial charge in [-0.1, -0.05) is 22.9 Å². The molecule has 0 radical (unpaired) electrons. The average Bonchev–Trinajstić information content (AvgIpc) is 2.74. The average molecular weight is 305 g/mol. The van der Waals surface area contributed by atoms with Crippen LogP contribution in [0, 0.1) is 0 Å². The van der Waals surface area contributed by atoms with E-state index in [-0.39, 0.29) is 22.5 Å². The molecule has 0 aromatic carbocycles. The minimum atomic E-state index is -0.436. The Hall–Kier alpha value is -0.850. The second-order valence-electron chi connectivity index (χ2n) is 4.48. The molecule has 1 aliphatic carbocycles. The molecule has 19 heavy (non-hydrogen) atoms. The van der Waals surface area contributed by atoms with Crippen molar-refractivity contribution in [3.05, 3.63) is 9.34 Å². The summed E-state index contributed by atoms with van der Waals surface area (Å²) in [6.07, 6.45) is 3.65. The Bertz CT molecular complexity index is 444. The monoisotopic (exact) mass is 304 g/mol. The lowest BCUT2D eigenvalue weighted by Crippen LogP contribution is -2.32. The van der Waals surface area contributed by atoms with Crippen LogP contribution in [0.25, 0.3) is 0 Å². The molecule has 7 heteroatoms. The standard InChI is InChI=1S/C12H17ClN2O3S/c1-2-17-11(16)9-10(15-12(13)19-9)18-8-5-3-7(14)4-6-8/h7-8H,2-6,14H2,1H3. The fourth-order valence-corrected chi connectivity index (χ4v) is 2.98. The van der Waals surface area contributed by atoms with E-state index in [1.807, 2.05) is 0 Å². The maximum atomic E-state index is 11.8. The normalized spacial score (nSPS) is 23.1. The zero-order chi connectivity index (χ0) is 13.8. The van der Waals surface area contributed by atoms with E-state index in [1.54, 1.807) is 6.92 Å². The topological polar surface area (TPSA) is 74.4 Å². The molecule has 0 unspecified atom stereocenters. The Morgan fingerprint density at radius 1 is 1.47 bits per heavy atom. The van der Waals surface area contributed by atoms with Crippen LogP contribution in [-0.4, -0.2) is 29.7 Å². The van der Waals surface area contributed by atoms with Crippen LogP contribution in [0.2, 0.25) is 4.47 Å². The first-order chi connectivity index (χ1) is 9.10. The summed E-state index contributed by atoms with van der Waals surface area (Å²) in [5, 5.41) is 0. The zero-order valence-electron chi connectivity index (χ0n) is 10.7. The van der Waals surface area contributed by atoms with E-state index >= 15 is 0 Å². The van der Waals surface area contributed by atoms with Gasteiger partial charge in [-0.3, -0.25) is 0 Å². The van der Waals surface area contributed by atoms with E-state index in [0.29, 0.717) is 11.5 Å². The quantitative estimate of drug-likeness (QED) is 0.866. The summed E-state index contributed by atoms with van der Waals surface area (Å²) in [6.45, 7) is 2.07. The first-order valence-electron chi connectivity index (χ1n) is 6.35. The van der Waals surface area contributed by atoms with Crippen LogP contribution in [0.15, 0.2) is 0 Å². The summed E-state index contributed by atoms with van der Waals surface area (Å²) in [5.41, 5.74) is 5.85. The van der Waals surface area contributed by atoms with Gasteiger partial charge in [0.1, 0.15) is 6.10 Å². The molecule has 0 saturated heterocycles. The number of rotatable bonds is 4. The molecule has 1 aromatic heterocycles. The van der Waals surface area contributed by atoms with Gasteiger partial charge in [0, 0.05) is 6.04 Å². The van der Waals surface area contributed by atoms with Crippen molar-refractivity contribution < 1.29 is 14.3 Å². The molecule has 0 aliphatic heterocycles. The highest BCUT2D eigenvalue weighted by Gasteiger charge is 2.25. The molecular weight excluding hydrogens is 288 g/mol.